The fourth-order valence-electron chi connectivity index (χ4n) is 4.12. The van der Waals surface area contributed by atoms with E-state index in [0.29, 0.717) is 31.1 Å². The van der Waals surface area contributed by atoms with Gasteiger partial charge in [-0.3, -0.25) is 14.7 Å². The maximum atomic E-state index is 13.5. The quantitative estimate of drug-likeness (QED) is 0.446. The number of fused-ring (bicyclic) bond motifs is 1. The lowest BCUT2D eigenvalue weighted by atomic mass is 10.1. The zero-order chi connectivity index (χ0) is 22.9. The van der Waals surface area contributed by atoms with Gasteiger partial charge in [0, 0.05) is 30.6 Å². The van der Waals surface area contributed by atoms with Crippen molar-refractivity contribution in [2.45, 2.75) is 20.0 Å². The van der Waals surface area contributed by atoms with Crippen LogP contribution in [0.4, 0.5) is 5.69 Å². The number of rotatable bonds is 4. The lowest BCUT2D eigenvalue weighted by molar-refractivity contribution is -0.114. The number of ether oxygens (including phenoxy) is 1. The Morgan fingerprint density at radius 3 is 2.88 bits per heavy atom. The van der Waals surface area contributed by atoms with E-state index in [1.807, 2.05) is 49.4 Å². The van der Waals surface area contributed by atoms with Crippen LogP contribution in [0.25, 0.3) is 22.3 Å². The summed E-state index contributed by atoms with van der Waals surface area (Å²) >= 11 is 0. The van der Waals surface area contributed by atoms with Gasteiger partial charge in [-0.25, -0.2) is 4.98 Å². The van der Waals surface area contributed by atoms with Crippen molar-refractivity contribution in [1.82, 2.24) is 25.1 Å². The summed E-state index contributed by atoms with van der Waals surface area (Å²) in [6, 6.07) is 13.4. The van der Waals surface area contributed by atoms with Crippen LogP contribution in [0.1, 0.15) is 34.8 Å². The number of anilines is 1. The average Bonchev–Trinajstić information content (AvgIpc) is 3.47. The number of carbonyl (C=O) groups is 2. The standard InChI is InChI=1S/C24H24N6O3/c1-14-6-7-17-16(12-14)22(26-15(2)31)23(28-17)24(32)30-10-11-33-21(13-30)20-5-3-4-18(27-20)19-8-9-25-29-19/h3-9,12,21,28H,10-11,13H2,1-2H3,(H,25,29)(H,26,31)/t21-/m1/s1. The fourth-order valence-corrected chi connectivity index (χ4v) is 4.12. The van der Waals surface area contributed by atoms with Crippen LogP contribution >= 0.6 is 0 Å². The Balaban J connectivity index is 1.44. The van der Waals surface area contributed by atoms with E-state index in [2.05, 4.69) is 20.5 Å². The number of nitrogens with zero attached hydrogens (tertiary/aromatic N) is 3. The highest BCUT2D eigenvalue weighted by molar-refractivity contribution is 6.12. The molecule has 5 rings (SSSR count). The average molecular weight is 444 g/mol. The number of morpholine rings is 1. The summed E-state index contributed by atoms with van der Waals surface area (Å²) in [6.45, 7) is 4.60. The number of aromatic amines is 2. The minimum absolute atomic E-state index is 0.189. The highest BCUT2D eigenvalue weighted by Gasteiger charge is 2.30. The van der Waals surface area contributed by atoms with Gasteiger partial charge >= 0.3 is 0 Å². The topological polar surface area (TPSA) is 116 Å². The third kappa shape index (κ3) is 4.10. The first-order chi connectivity index (χ1) is 16.0. The van der Waals surface area contributed by atoms with Crippen molar-refractivity contribution < 1.29 is 14.3 Å². The van der Waals surface area contributed by atoms with E-state index in [4.69, 9.17) is 9.72 Å². The van der Waals surface area contributed by atoms with Crippen LogP contribution in [0.2, 0.25) is 0 Å². The van der Waals surface area contributed by atoms with Crippen LogP contribution in [0.5, 0.6) is 0 Å². The van der Waals surface area contributed by atoms with Gasteiger partial charge in [0.25, 0.3) is 5.91 Å². The molecule has 1 aromatic carbocycles. The number of aryl methyl sites for hydroxylation is 1. The molecule has 1 aliphatic rings. The van der Waals surface area contributed by atoms with E-state index >= 15 is 0 Å². The molecule has 1 saturated heterocycles. The second kappa shape index (κ2) is 8.51. The number of hydrogen-bond donors (Lipinski definition) is 3. The number of aromatic nitrogens is 4. The molecule has 9 nitrogen and oxygen atoms in total. The smallest absolute Gasteiger partial charge is 0.272 e. The van der Waals surface area contributed by atoms with Crippen LogP contribution in [0.3, 0.4) is 0 Å². The third-order valence-electron chi connectivity index (χ3n) is 5.70. The summed E-state index contributed by atoms with van der Waals surface area (Å²) in [5, 5.41) is 10.5. The second-order valence-electron chi connectivity index (χ2n) is 8.13. The predicted molar refractivity (Wildman–Crippen MR) is 124 cm³/mol. The Labute approximate surface area is 190 Å². The molecule has 1 aliphatic heterocycles. The summed E-state index contributed by atoms with van der Waals surface area (Å²) in [5.74, 6) is -0.420. The molecule has 1 atom stereocenters. The van der Waals surface area contributed by atoms with E-state index in [1.54, 1.807) is 11.1 Å². The fraction of sp³-hybridized carbons (Fsp3) is 0.250. The summed E-state index contributed by atoms with van der Waals surface area (Å²) in [7, 11) is 0. The molecule has 0 unspecified atom stereocenters. The third-order valence-corrected chi connectivity index (χ3v) is 5.70. The molecule has 168 valence electrons. The largest absolute Gasteiger partial charge is 0.368 e. The van der Waals surface area contributed by atoms with E-state index in [-0.39, 0.29) is 17.9 Å². The molecule has 2 amide bonds. The maximum Gasteiger partial charge on any atom is 0.272 e. The van der Waals surface area contributed by atoms with Crippen LogP contribution in [-0.2, 0) is 9.53 Å². The van der Waals surface area contributed by atoms with Gasteiger partial charge in [0.1, 0.15) is 11.8 Å². The Hall–Kier alpha value is -3.98. The second-order valence-corrected chi connectivity index (χ2v) is 8.13. The maximum absolute atomic E-state index is 13.5. The van der Waals surface area contributed by atoms with Gasteiger partial charge in [-0.2, -0.15) is 5.10 Å². The number of nitrogens with one attached hydrogen (secondary N) is 3. The number of benzene rings is 1. The minimum Gasteiger partial charge on any atom is -0.368 e. The van der Waals surface area contributed by atoms with E-state index in [0.717, 1.165) is 33.5 Å². The zero-order valence-electron chi connectivity index (χ0n) is 18.4. The predicted octanol–water partition coefficient (Wildman–Crippen LogP) is 3.43. The molecule has 3 N–H and O–H groups in total. The summed E-state index contributed by atoms with van der Waals surface area (Å²) in [4.78, 5) is 35.1. The number of pyridine rings is 1. The van der Waals surface area contributed by atoms with Gasteiger partial charge in [-0.15, -0.1) is 0 Å². The SMILES string of the molecule is CC(=O)Nc1c(C(=O)N2CCO[C@@H](c3cccc(-c4ccn[nH]4)n3)C2)[nH]c2ccc(C)cc12. The van der Waals surface area contributed by atoms with Crippen molar-refractivity contribution in [1.29, 1.82) is 0 Å². The molecule has 1 fully saturated rings. The summed E-state index contributed by atoms with van der Waals surface area (Å²) < 4.78 is 5.96. The Bertz CT molecular complexity index is 1330. The highest BCUT2D eigenvalue weighted by Crippen LogP contribution is 2.31. The van der Waals surface area contributed by atoms with Crippen molar-refractivity contribution in [3.05, 3.63) is 65.6 Å². The molecule has 0 spiro atoms. The van der Waals surface area contributed by atoms with E-state index in [9.17, 15) is 9.59 Å². The minimum atomic E-state index is -0.360. The van der Waals surface area contributed by atoms with E-state index < -0.39 is 0 Å². The molecule has 0 bridgehead atoms. The number of H-pyrrole nitrogens is 2. The molecule has 9 heteroatoms. The molecule has 33 heavy (non-hydrogen) atoms. The lowest BCUT2D eigenvalue weighted by Crippen LogP contribution is -2.42. The van der Waals surface area contributed by atoms with Gasteiger partial charge in [0.15, 0.2) is 0 Å². The highest BCUT2D eigenvalue weighted by atomic mass is 16.5. The lowest BCUT2D eigenvalue weighted by Gasteiger charge is -2.32. The molecule has 4 aromatic rings. The van der Waals surface area contributed by atoms with Crippen molar-refractivity contribution in [2.24, 2.45) is 0 Å². The number of hydrogen-bond acceptors (Lipinski definition) is 5. The van der Waals surface area contributed by atoms with Crippen molar-refractivity contribution in [3.8, 4) is 11.4 Å². The molecule has 0 aliphatic carbocycles. The number of amides is 2. The van der Waals surface area contributed by atoms with Crippen molar-refractivity contribution in [2.75, 3.05) is 25.0 Å². The van der Waals surface area contributed by atoms with Gasteiger partial charge in [-0.05, 0) is 37.3 Å². The van der Waals surface area contributed by atoms with Crippen LogP contribution in [0.15, 0.2) is 48.7 Å². The molecule has 0 radical (unpaired) electrons. The summed E-state index contributed by atoms with van der Waals surface area (Å²) in [6.07, 6.45) is 1.32. The summed E-state index contributed by atoms with van der Waals surface area (Å²) in [5.41, 5.74) is 5.03. The van der Waals surface area contributed by atoms with Gasteiger partial charge < -0.3 is 19.9 Å². The normalized spacial score (nSPS) is 16.2. The van der Waals surface area contributed by atoms with Crippen LogP contribution in [-0.4, -0.2) is 56.6 Å². The van der Waals surface area contributed by atoms with Crippen LogP contribution in [0, 0.1) is 6.92 Å². The van der Waals surface area contributed by atoms with Crippen LogP contribution < -0.4 is 5.32 Å². The molecule has 4 heterocycles. The molecular weight excluding hydrogens is 420 g/mol. The first kappa shape index (κ1) is 20.9. The monoisotopic (exact) mass is 444 g/mol. The first-order valence-electron chi connectivity index (χ1n) is 10.8. The zero-order valence-corrected chi connectivity index (χ0v) is 18.4. The molecule has 3 aromatic heterocycles. The van der Waals surface area contributed by atoms with Crippen molar-refractivity contribution in [3.63, 3.8) is 0 Å². The van der Waals surface area contributed by atoms with Crippen molar-refractivity contribution >= 4 is 28.4 Å². The molecule has 0 saturated carbocycles. The first-order valence-corrected chi connectivity index (χ1v) is 10.8. The Morgan fingerprint density at radius 1 is 1.21 bits per heavy atom. The Kier molecular flexibility index (Phi) is 5.39. The Morgan fingerprint density at radius 2 is 2.09 bits per heavy atom. The number of carbonyl (C=O) groups excluding carboxylic acids is 2. The van der Waals surface area contributed by atoms with Gasteiger partial charge in [-0.1, -0.05) is 17.7 Å². The van der Waals surface area contributed by atoms with Gasteiger partial charge in [0.2, 0.25) is 5.91 Å². The van der Waals surface area contributed by atoms with Gasteiger partial charge in [0.05, 0.1) is 35.9 Å². The molecular formula is C24H24N6O3. The van der Waals surface area contributed by atoms with E-state index in [1.165, 1.54) is 6.92 Å².